The topological polar surface area (TPSA) is 46.5 Å². The highest BCUT2D eigenvalue weighted by Gasteiger charge is 2.45. The average molecular weight is 323 g/mol. The zero-order chi connectivity index (χ0) is 16.9. The van der Waals surface area contributed by atoms with Gasteiger partial charge in [-0.05, 0) is 22.2 Å². The first-order chi connectivity index (χ1) is 10.2. The van der Waals surface area contributed by atoms with Crippen molar-refractivity contribution in [3.63, 3.8) is 0 Å². The number of carboxylic acid groups (broad SMARTS) is 1. The molecule has 0 spiro atoms. The van der Waals surface area contributed by atoms with E-state index in [4.69, 9.17) is 4.43 Å². The molecule has 0 aliphatic heterocycles. The Morgan fingerprint density at radius 3 is 1.82 bits per heavy atom. The normalized spacial score (nSPS) is 13.9. The SMILES string of the molecule is CC(C)[Si](OC[C@H](C(=O)O)c1ccccc1)(C(C)C)C(C)C. The summed E-state index contributed by atoms with van der Waals surface area (Å²) >= 11 is 0. The predicted molar refractivity (Wildman–Crippen MR) is 93.8 cm³/mol. The van der Waals surface area contributed by atoms with Crippen LogP contribution in [-0.2, 0) is 9.22 Å². The van der Waals surface area contributed by atoms with E-state index in [1.165, 1.54) is 0 Å². The average Bonchev–Trinajstić information content (AvgIpc) is 2.42. The second-order valence-electron chi connectivity index (χ2n) is 6.93. The number of aliphatic carboxylic acids is 1. The highest BCUT2D eigenvalue weighted by Crippen LogP contribution is 2.42. The second-order valence-corrected chi connectivity index (χ2v) is 12.4. The smallest absolute Gasteiger partial charge is 0.313 e. The van der Waals surface area contributed by atoms with E-state index in [1.54, 1.807) is 0 Å². The number of hydrogen-bond donors (Lipinski definition) is 1. The van der Waals surface area contributed by atoms with Crippen LogP contribution in [0.5, 0.6) is 0 Å². The number of carboxylic acids is 1. The van der Waals surface area contributed by atoms with Crippen molar-refractivity contribution in [2.24, 2.45) is 0 Å². The van der Waals surface area contributed by atoms with E-state index >= 15 is 0 Å². The van der Waals surface area contributed by atoms with Crippen molar-refractivity contribution in [2.75, 3.05) is 6.61 Å². The minimum absolute atomic E-state index is 0.264. The Morgan fingerprint density at radius 2 is 1.45 bits per heavy atom. The van der Waals surface area contributed by atoms with E-state index in [-0.39, 0.29) is 6.61 Å². The lowest BCUT2D eigenvalue weighted by molar-refractivity contribution is -0.139. The molecule has 1 rings (SSSR count). The van der Waals surface area contributed by atoms with Crippen LogP contribution in [0.4, 0.5) is 0 Å². The summed E-state index contributed by atoms with van der Waals surface area (Å²) in [7, 11) is -2.03. The highest BCUT2D eigenvalue weighted by atomic mass is 28.4. The molecule has 0 aliphatic carbocycles. The molecule has 1 aromatic rings. The van der Waals surface area contributed by atoms with Gasteiger partial charge in [0.1, 0.15) is 5.92 Å². The number of benzene rings is 1. The Hall–Kier alpha value is -1.13. The summed E-state index contributed by atoms with van der Waals surface area (Å²) in [6.45, 7) is 13.5. The third-order valence-corrected chi connectivity index (χ3v) is 10.8. The molecule has 0 aliphatic rings. The summed E-state index contributed by atoms with van der Waals surface area (Å²) < 4.78 is 6.45. The van der Waals surface area contributed by atoms with Gasteiger partial charge in [0.2, 0.25) is 0 Å². The van der Waals surface area contributed by atoms with Crippen molar-refractivity contribution in [1.82, 2.24) is 0 Å². The zero-order valence-corrected chi connectivity index (χ0v) is 15.7. The first-order valence-corrected chi connectivity index (χ1v) is 10.3. The van der Waals surface area contributed by atoms with Gasteiger partial charge in [-0.3, -0.25) is 4.79 Å². The first-order valence-electron chi connectivity index (χ1n) is 8.15. The maximum Gasteiger partial charge on any atom is 0.313 e. The highest BCUT2D eigenvalue weighted by molar-refractivity contribution is 6.77. The summed E-state index contributed by atoms with van der Waals surface area (Å²) in [5.41, 5.74) is 2.18. The molecule has 0 radical (unpaired) electrons. The van der Waals surface area contributed by atoms with E-state index in [9.17, 15) is 9.90 Å². The molecule has 0 unspecified atom stereocenters. The van der Waals surface area contributed by atoms with Gasteiger partial charge in [-0.2, -0.15) is 0 Å². The van der Waals surface area contributed by atoms with Gasteiger partial charge in [0.15, 0.2) is 8.32 Å². The van der Waals surface area contributed by atoms with E-state index in [2.05, 4.69) is 41.5 Å². The van der Waals surface area contributed by atoms with E-state index in [1.807, 2.05) is 30.3 Å². The van der Waals surface area contributed by atoms with Crippen molar-refractivity contribution in [1.29, 1.82) is 0 Å². The van der Waals surface area contributed by atoms with Crippen molar-refractivity contribution >= 4 is 14.3 Å². The van der Waals surface area contributed by atoms with Gasteiger partial charge in [-0.15, -0.1) is 0 Å². The van der Waals surface area contributed by atoms with E-state index < -0.39 is 20.2 Å². The lowest BCUT2D eigenvalue weighted by Crippen LogP contribution is -2.48. The minimum atomic E-state index is -2.03. The standard InChI is InChI=1S/C18H30O3Si/c1-13(2)22(14(3)4,15(5)6)21-12-17(18(19)20)16-10-8-7-9-11-16/h7-11,13-15,17H,12H2,1-6H3,(H,19,20)/t17-/m0/s1. The van der Waals surface area contributed by atoms with Crippen LogP contribution < -0.4 is 0 Å². The number of hydrogen-bond acceptors (Lipinski definition) is 2. The molecule has 124 valence electrons. The monoisotopic (exact) mass is 322 g/mol. The summed E-state index contributed by atoms with van der Waals surface area (Å²) in [4.78, 5) is 11.7. The van der Waals surface area contributed by atoms with Crippen LogP contribution in [0, 0.1) is 0 Å². The molecule has 0 heterocycles. The second kappa shape index (κ2) is 7.93. The van der Waals surface area contributed by atoms with Gasteiger partial charge in [0.05, 0.1) is 6.61 Å². The van der Waals surface area contributed by atoms with Gasteiger partial charge in [0, 0.05) is 0 Å². The molecule has 0 saturated carbocycles. The molecule has 0 amide bonds. The number of carbonyl (C=O) groups is 1. The molecule has 4 heteroatoms. The summed E-state index contributed by atoms with van der Waals surface area (Å²) in [5, 5.41) is 9.57. The molecule has 0 bridgehead atoms. The molecule has 1 atom stereocenters. The molecule has 1 N–H and O–H groups in total. The fourth-order valence-corrected chi connectivity index (χ4v) is 9.18. The van der Waals surface area contributed by atoms with Crippen LogP contribution in [0.15, 0.2) is 30.3 Å². The van der Waals surface area contributed by atoms with Crippen LogP contribution in [0.1, 0.15) is 53.0 Å². The van der Waals surface area contributed by atoms with Crippen molar-refractivity contribution < 1.29 is 14.3 Å². The maximum absolute atomic E-state index is 11.7. The Morgan fingerprint density at radius 1 is 1.00 bits per heavy atom. The van der Waals surface area contributed by atoms with E-state index in [0.717, 1.165) is 5.56 Å². The minimum Gasteiger partial charge on any atom is -0.481 e. The fourth-order valence-electron chi connectivity index (χ4n) is 3.72. The molecule has 3 nitrogen and oxygen atoms in total. The van der Waals surface area contributed by atoms with Crippen molar-refractivity contribution in [2.45, 2.75) is 64.1 Å². The fraction of sp³-hybridized carbons (Fsp3) is 0.611. The molecule has 1 aromatic carbocycles. The Kier molecular flexibility index (Phi) is 6.82. The van der Waals surface area contributed by atoms with Gasteiger partial charge < -0.3 is 9.53 Å². The van der Waals surface area contributed by atoms with Gasteiger partial charge in [-0.25, -0.2) is 0 Å². The van der Waals surface area contributed by atoms with Crippen LogP contribution in [0.25, 0.3) is 0 Å². The summed E-state index contributed by atoms with van der Waals surface area (Å²) in [6.07, 6.45) is 0. The molecular weight excluding hydrogens is 292 g/mol. The number of rotatable bonds is 8. The third kappa shape index (κ3) is 3.99. The Balaban J connectivity index is 3.01. The molecule has 0 fully saturated rings. The lowest BCUT2D eigenvalue weighted by atomic mass is 10.0. The quantitative estimate of drug-likeness (QED) is 0.681. The summed E-state index contributed by atoms with van der Waals surface area (Å²) in [6, 6.07) is 9.39. The van der Waals surface area contributed by atoms with Gasteiger partial charge in [-0.1, -0.05) is 71.9 Å². The third-order valence-electron chi connectivity index (χ3n) is 4.71. The zero-order valence-electron chi connectivity index (χ0n) is 14.7. The molecule has 0 saturated heterocycles. The predicted octanol–water partition coefficient (Wildman–Crippen LogP) is 5.05. The van der Waals surface area contributed by atoms with Crippen molar-refractivity contribution in [3.05, 3.63) is 35.9 Å². The largest absolute Gasteiger partial charge is 0.481 e. The van der Waals surface area contributed by atoms with Crippen LogP contribution in [0.2, 0.25) is 16.6 Å². The summed E-state index contributed by atoms with van der Waals surface area (Å²) in [5.74, 6) is -1.41. The maximum atomic E-state index is 11.7. The Labute approximate surface area is 135 Å². The van der Waals surface area contributed by atoms with Crippen LogP contribution in [-0.4, -0.2) is 26.0 Å². The van der Waals surface area contributed by atoms with Crippen LogP contribution >= 0.6 is 0 Å². The van der Waals surface area contributed by atoms with Crippen molar-refractivity contribution in [3.8, 4) is 0 Å². The first kappa shape index (κ1) is 18.9. The lowest BCUT2D eigenvalue weighted by Gasteiger charge is -2.42. The molecular formula is C18H30O3Si. The molecule has 0 aromatic heterocycles. The Bertz CT molecular complexity index is 447. The van der Waals surface area contributed by atoms with Crippen LogP contribution in [0.3, 0.4) is 0 Å². The van der Waals surface area contributed by atoms with Gasteiger partial charge >= 0.3 is 5.97 Å². The van der Waals surface area contributed by atoms with E-state index in [0.29, 0.717) is 16.6 Å². The molecule has 22 heavy (non-hydrogen) atoms. The van der Waals surface area contributed by atoms with Gasteiger partial charge in [0.25, 0.3) is 0 Å².